The fourth-order valence-electron chi connectivity index (χ4n) is 2.14. The zero-order valence-electron chi connectivity index (χ0n) is 13.7. The van der Waals surface area contributed by atoms with Gasteiger partial charge in [0.2, 0.25) is 11.8 Å². The molecule has 2 rings (SSSR count). The molecule has 1 aliphatic heterocycles. The van der Waals surface area contributed by atoms with Gasteiger partial charge in [0, 0.05) is 18.5 Å². The number of hydrogen-bond acceptors (Lipinski definition) is 6. The van der Waals surface area contributed by atoms with Gasteiger partial charge in [-0.25, -0.2) is 0 Å². The molecule has 0 fully saturated rings. The van der Waals surface area contributed by atoms with E-state index >= 15 is 0 Å². The van der Waals surface area contributed by atoms with Gasteiger partial charge >= 0.3 is 5.97 Å². The van der Waals surface area contributed by atoms with E-state index in [1.54, 1.807) is 4.90 Å². The maximum absolute atomic E-state index is 12.1. The van der Waals surface area contributed by atoms with Crippen molar-refractivity contribution in [3.63, 3.8) is 0 Å². The molecule has 0 saturated carbocycles. The van der Waals surface area contributed by atoms with Gasteiger partial charge in [-0.3, -0.25) is 19.2 Å². The molecule has 0 spiro atoms. The molecule has 0 atom stereocenters. The van der Waals surface area contributed by atoms with Crippen molar-refractivity contribution in [3.8, 4) is 0 Å². The van der Waals surface area contributed by atoms with Crippen LogP contribution in [0, 0.1) is 0 Å². The van der Waals surface area contributed by atoms with Crippen LogP contribution in [0.15, 0.2) is 29.2 Å². The van der Waals surface area contributed by atoms with Crippen molar-refractivity contribution in [1.82, 2.24) is 10.6 Å². The van der Waals surface area contributed by atoms with Crippen LogP contribution in [-0.4, -0.2) is 56.2 Å². The molecular weight excluding hydrogens is 346 g/mol. The average Bonchev–Trinajstić information content (AvgIpc) is 2.63. The lowest BCUT2D eigenvalue weighted by atomic mass is 10.2. The van der Waals surface area contributed by atoms with Crippen LogP contribution in [0.25, 0.3) is 0 Å². The smallest absolute Gasteiger partial charge is 0.308 e. The van der Waals surface area contributed by atoms with Crippen LogP contribution in [-0.2, 0) is 23.9 Å². The summed E-state index contributed by atoms with van der Waals surface area (Å²) < 4.78 is 4.86. The van der Waals surface area contributed by atoms with Gasteiger partial charge in [-0.05, 0) is 12.1 Å². The highest BCUT2D eigenvalue weighted by atomic mass is 32.2. The summed E-state index contributed by atoms with van der Waals surface area (Å²) in [5.74, 6) is -1.24. The van der Waals surface area contributed by atoms with Crippen molar-refractivity contribution in [2.24, 2.45) is 0 Å². The SMILES string of the molecule is CNC(=O)CNC(=O)COC(=O)CCN1C(=O)CSc2ccccc21. The second-order valence-corrected chi connectivity index (χ2v) is 6.18. The van der Waals surface area contributed by atoms with Gasteiger partial charge in [-0.1, -0.05) is 12.1 Å². The molecule has 0 saturated heterocycles. The summed E-state index contributed by atoms with van der Waals surface area (Å²) >= 11 is 1.47. The minimum absolute atomic E-state index is 0.0204. The number of benzene rings is 1. The van der Waals surface area contributed by atoms with Crippen molar-refractivity contribution in [2.75, 3.05) is 37.4 Å². The quantitative estimate of drug-likeness (QED) is 0.655. The van der Waals surface area contributed by atoms with E-state index < -0.39 is 18.5 Å². The molecule has 1 aromatic rings. The van der Waals surface area contributed by atoms with Crippen LogP contribution in [0.1, 0.15) is 6.42 Å². The molecule has 0 aromatic heterocycles. The molecule has 0 bridgehead atoms. The highest BCUT2D eigenvalue weighted by molar-refractivity contribution is 8.00. The number of hydrogen-bond donors (Lipinski definition) is 2. The van der Waals surface area contributed by atoms with E-state index in [0.29, 0.717) is 5.75 Å². The van der Waals surface area contributed by atoms with Crippen LogP contribution >= 0.6 is 11.8 Å². The molecule has 0 radical (unpaired) electrons. The first kappa shape index (κ1) is 18.8. The highest BCUT2D eigenvalue weighted by Gasteiger charge is 2.24. The Kier molecular flexibility index (Phi) is 6.81. The van der Waals surface area contributed by atoms with Gasteiger partial charge in [-0.2, -0.15) is 0 Å². The second-order valence-electron chi connectivity index (χ2n) is 5.16. The van der Waals surface area contributed by atoms with Gasteiger partial charge < -0.3 is 20.3 Å². The predicted molar refractivity (Wildman–Crippen MR) is 92.2 cm³/mol. The van der Waals surface area contributed by atoms with Crippen LogP contribution < -0.4 is 15.5 Å². The molecule has 0 unspecified atom stereocenters. The first-order valence-electron chi connectivity index (χ1n) is 7.66. The number of nitrogens with one attached hydrogen (secondary N) is 2. The summed E-state index contributed by atoms with van der Waals surface area (Å²) in [7, 11) is 1.45. The third-order valence-electron chi connectivity index (χ3n) is 3.44. The van der Waals surface area contributed by atoms with Crippen molar-refractivity contribution in [1.29, 1.82) is 0 Å². The number of carbonyl (C=O) groups excluding carboxylic acids is 4. The van der Waals surface area contributed by atoms with E-state index in [1.807, 2.05) is 24.3 Å². The number of esters is 1. The molecule has 1 aromatic carbocycles. The second kappa shape index (κ2) is 9.07. The van der Waals surface area contributed by atoms with E-state index in [-0.39, 0.29) is 31.3 Å². The van der Waals surface area contributed by atoms with Crippen LogP contribution in [0.5, 0.6) is 0 Å². The monoisotopic (exact) mass is 365 g/mol. The van der Waals surface area contributed by atoms with Crippen molar-refractivity contribution in [2.45, 2.75) is 11.3 Å². The standard InChI is InChI=1S/C16H19N3O5S/c1-17-13(20)8-18-14(21)9-24-16(23)6-7-19-11-4-2-3-5-12(11)25-10-15(19)22/h2-5H,6-10H2,1H3,(H,17,20)(H,18,21). The lowest BCUT2D eigenvalue weighted by Crippen LogP contribution is -2.38. The summed E-state index contributed by atoms with van der Waals surface area (Å²) in [6, 6.07) is 7.48. The minimum atomic E-state index is -0.585. The Morgan fingerprint density at radius 1 is 1.24 bits per heavy atom. The number of thioether (sulfide) groups is 1. The maximum atomic E-state index is 12.1. The van der Waals surface area contributed by atoms with Gasteiger partial charge in [0.25, 0.3) is 5.91 Å². The van der Waals surface area contributed by atoms with E-state index in [9.17, 15) is 19.2 Å². The number of carbonyl (C=O) groups is 4. The fourth-order valence-corrected chi connectivity index (χ4v) is 3.07. The molecule has 0 aliphatic carbocycles. The number of nitrogens with zero attached hydrogens (tertiary/aromatic N) is 1. The van der Waals surface area contributed by atoms with E-state index in [2.05, 4.69) is 10.6 Å². The molecule has 9 heteroatoms. The summed E-state index contributed by atoms with van der Waals surface area (Å²) in [5.41, 5.74) is 0.778. The van der Waals surface area contributed by atoms with E-state index in [0.717, 1.165) is 10.6 Å². The van der Waals surface area contributed by atoms with Crippen molar-refractivity contribution >= 4 is 41.1 Å². The summed E-state index contributed by atoms with van der Waals surface area (Å²) in [4.78, 5) is 48.8. The Morgan fingerprint density at radius 3 is 2.76 bits per heavy atom. The molecule has 2 N–H and O–H groups in total. The Bertz CT molecular complexity index is 679. The van der Waals surface area contributed by atoms with Crippen LogP contribution in [0.2, 0.25) is 0 Å². The number of fused-ring (bicyclic) bond motifs is 1. The molecular formula is C16H19N3O5S. The van der Waals surface area contributed by atoms with Crippen LogP contribution in [0.3, 0.4) is 0 Å². The average molecular weight is 365 g/mol. The number of anilines is 1. The molecule has 3 amide bonds. The molecule has 1 heterocycles. The van der Waals surface area contributed by atoms with Gasteiger partial charge in [0.05, 0.1) is 24.4 Å². The zero-order chi connectivity index (χ0) is 18.2. The molecule has 1 aliphatic rings. The number of rotatable bonds is 7. The van der Waals surface area contributed by atoms with E-state index in [1.165, 1.54) is 18.8 Å². The summed E-state index contributed by atoms with van der Waals surface area (Å²) in [6.45, 7) is -0.449. The third kappa shape index (κ3) is 5.49. The summed E-state index contributed by atoms with van der Waals surface area (Å²) in [6.07, 6.45) is -0.0204. The molecule has 25 heavy (non-hydrogen) atoms. The number of ether oxygens (including phenoxy) is 1. The topological polar surface area (TPSA) is 105 Å². The van der Waals surface area contributed by atoms with E-state index in [4.69, 9.17) is 4.74 Å². The third-order valence-corrected chi connectivity index (χ3v) is 4.48. The number of para-hydroxylation sites is 1. The van der Waals surface area contributed by atoms with Crippen LogP contribution in [0.4, 0.5) is 5.69 Å². The highest BCUT2D eigenvalue weighted by Crippen LogP contribution is 2.34. The number of likely N-dealkylation sites (N-methyl/N-ethyl adjacent to an activating group) is 1. The lowest BCUT2D eigenvalue weighted by molar-refractivity contribution is -0.148. The fraction of sp³-hybridized carbons (Fsp3) is 0.375. The molecule has 134 valence electrons. The van der Waals surface area contributed by atoms with Crippen molar-refractivity contribution < 1.29 is 23.9 Å². The largest absolute Gasteiger partial charge is 0.456 e. The van der Waals surface area contributed by atoms with Gasteiger partial charge in [0.15, 0.2) is 6.61 Å². The Hall–Kier alpha value is -2.55. The minimum Gasteiger partial charge on any atom is -0.456 e. The lowest BCUT2D eigenvalue weighted by Gasteiger charge is -2.28. The van der Waals surface area contributed by atoms with Gasteiger partial charge in [-0.15, -0.1) is 11.8 Å². The predicted octanol–water partition coefficient (Wildman–Crippen LogP) is -0.0792. The van der Waals surface area contributed by atoms with Crippen molar-refractivity contribution in [3.05, 3.63) is 24.3 Å². The Morgan fingerprint density at radius 2 is 2.00 bits per heavy atom. The molecule has 8 nitrogen and oxygen atoms in total. The van der Waals surface area contributed by atoms with Gasteiger partial charge in [0.1, 0.15) is 0 Å². The first-order valence-corrected chi connectivity index (χ1v) is 8.65. The number of amides is 3. The first-order chi connectivity index (χ1) is 12.0. The summed E-state index contributed by atoms with van der Waals surface area (Å²) in [5, 5.41) is 4.67. The maximum Gasteiger partial charge on any atom is 0.308 e. The Labute approximate surface area is 149 Å². The Balaban J connectivity index is 1.77. The zero-order valence-corrected chi connectivity index (χ0v) is 14.6. The normalized spacial score (nSPS) is 13.0.